The molecule has 0 saturated heterocycles. The van der Waals surface area contributed by atoms with Crippen molar-refractivity contribution in [2.75, 3.05) is 20.6 Å². The van der Waals surface area contributed by atoms with Crippen LogP contribution in [-0.2, 0) is 23.3 Å². The van der Waals surface area contributed by atoms with E-state index in [-0.39, 0.29) is 5.41 Å². The molecule has 1 saturated carbocycles. The van der Waals surface area contributed by atoms with E-state index in [4.69, 9.17) is 0 Å². The van der Waals surface area contributed by atoms with Gasteiger partial charge in [-0.3, -0.25) is 4.79 Å². The molecule has 28 heavy (non-hydrogen) atoms. The minimum Gasteiger partial charge on any atom is -0.338 e. The fourth-order valence-corrected chi connectivity index (χ4v) is 4.51. The number of amides is 1. The summed E-state index contributed by atoms with van der Waals surface area (Å²) in [6, 6.07) is 17.3. The van der Waals surface area contributed by atoms with E-state index >= 15 is 0 Å². The molecule has 0 atom stereocenters. The van der Waals surface area contributed by atoms with Crippen LogP contribution in [0.5, 0.6) is 0 Å². The van der Waals surface area contributed by atoms with Crippen LogP contribution in [0.4, 0.5) is 0 Å². The van der Waals surface area contributed by atoms with Crippen molar-refractivity contribution in [3.63, 3.8) is 0 Å². The summed E-state index contributed by atoms with van der Waals surface area (Å²) >= 11 is 0. The highest BCUT2D eigenvalue weighted by Crippen LogP contribution is 2.43. The summed E-state index contributed by atoms with van der Waals surface area (Å²) in [5.41, 5.74) is 4.60. The van der Waals surface area contributed by atoms with Crippen molar-refractivity contribution in [2.24, 2.45) is 0 Å². The molecule has 2 aromatic rings. The first-order valence-electron chi connectivity index (χ1n) is 10.5. The number of hydrogen-bond acceptors (Lipinski definition) is 2. The molecular formula is C25H34N2O. The van der Waals surface area contributed by atoms with Gasteiger partial charge in [-0.1, -0.05) is 66.9 Å². The third-order valence-corrected chi connectivity index (χ3v) is 6.00. The maximum absolute atomic E-state index is 13.7. The zero-order valence-electron chi connectivity index (χ0n) is 17.9. The Hall–Kier alpha value is -2.13. The fraction of sp³-hybridized carbons (Fsp3) is 0.480. The molecule has 0 aliphatic heterocycles. The van der Waals surface area contributed by atoms with Crippen molar-refractivity contribution >= 4 is 5.91 Å². The number of nitrogens with zero attached hydrogens (tertiary/aromatic N) is 2. The summed E-state index contributed by atoms with van der Waals surface area (Å²) in [5, 5.41) is 0. The SMILES string of the molecule is CCN(Cc1ccc(CN(C)C)cc1)C(=O)C1(c2cccc(C)c2)CCCC1. The Balaban J connectivity index is 1.81. The van der Waals surface area contributed by atoms with Gasteiger partial charge in [-0.15, -0.1) is 0 Å². The summed E-state index contributed by atoms with van der Waals surface area (Å²) in [5.74, 6) is 0.301. The van der Waals surface area contributed by atoms with Gasteiger partial charge in [0.05, 0.1) is 5.41 Å². The molecule has 0 N–H and O–H groups in total. The summed E-state index contributed by atoms with van der Waals surface area (Å²) in [7, 11) is 4.16. The van der Waals surface area contributed by atoms with E-state index in [1.807, 2.05) is 0 Å². The Kier molecular flexibility index (Phi) is 6.56. The molecule has 0 bridgehead atoms. The Labute approximate surface area is 170 Å². The smallest absolute Gasteiger partial charge is 0.233 e. The third-order valence-electron chi connectivity index (χ3n) is 6.00. The van der Waals surface area contributed by atoms with Crippen LogP contribution in [0.25, 0.3) is 0 Å². The monoisotopic (exact) mass is 378 g/mol. The van der Waals surface area contributed by atoms with Crippen LogP contribution >= 0.6 is 0 Å². The summed E-state index contributed by atoms with van der Waals surface area (Å²) in [4.78, 5) is 18.0. The van der Waals surface area contributed by atoms with Crippen molar-refractivity contribution in [3.05, 3.63) is 70.8 Å². The number of carbonyl (C=O) groups is 1. The molecule has 1 amide bonds. The normalized spacial score (nSPS) is 15.8. The van der Waals surface area contributed by atoms with Gasteiger partial charge >= 0.3 is 0 Å². The number of rotatable bonds is 7. The second kappa shape index (κ2) is 8.91. The van der Waals surface area contributed by atoms with Gasteiger partial charge in [-0.25, -0.2) is 0 Å². The van der Waals surface area contributed by atoms with Crippen molar-refractivity contribution < 1.29 is 4.79 Å². The first kappa shape index (κ1) is 20.6. The third kappa shape index (κ3) is 4.47. The molecule has 1 aliphatic rings. The Bertz CT molecular complexity index is 788. The average Bonchev–Trinajstić information content (AvgIpc) is 3.17. The minimum absolute atomic E-state index is 0.301. The van der Waals surface area contributed by atoms with E-state index in [0.717, 1.165) is 38.8 Å². The van der Waals surface area contributed by atoms with Crippen LogP contribution in [0, 0.1) is 6.92 Å². The van der Waals surface area contributed by atoms with E-state index in [2.05, 4.69) is 86.3 Å². The lowest BCUT2D eigenvalue weighted by atomic mass is 9.77. The van der Waals surface area contributed by atoms with Crippen molar-refractivity contribution in [2.45, 2.75) is 58.0 Å². The topological polar surface area (TPSA) is 23.6 Å². The predicted octanol–water partition coefficient (Wildman–Crippen LogP) is 4.92. The number of likely N-dealkylation sites (N-methyl/N-ethyl adjacent to an activating group) is 1. The quantitative estimate of drug-likeness (QED) is 0.683. The van der Waals surface area contributed by atoms with Gasteiger partial charge in [0.2, 0.25) is 5.91 Å². The Morgan fingerprint density at radius 3 is 2.11 bits per heavy atom. The second-order valence-corrected chi connectivity index (χ2v) is 8.53. The fourth-order valence-electron chi connectivity index (χ4n) is 4.51. The van der Waals surface area contributed by atoms with Gasteiger partial charge in [0.1, 0.15) is 0 Å². The molecule has 0 spiro atoms. The molecule has 1 aliphatic carbocycles. The van der Waals surface area contributed by atoms with Crippen LogP contribution < -0.4 is 0 Å². The van der Waals surface area contributed by atoms with Crippen LogP contribution in [0.15, 0.2) is 48.5 Å². The lowest BCUT2D eigenvalue weighted by Gasteiger charge is -2.35. The van der Waals surface area contributed by atoms with Crippen LogP contribution in [0.1, 0.15) is 54.9 Å². The zero-order chi connectivity index (χ0) is 20.1. The van der Waals surface area contributed by atoms with E-state index in [9.17, 15) is 4.79 Å². The van der Waals surface area contributed by atoms with Gasteiger partial charge in [-0.2, -0.15) is 0 Å². The minimum atomic E-state index is -0.340. The standard InChI is InChI=1S/C25H34N2O/c1-5-27(19-22-13-11-21(12-14-22)18-26(3)4)24(28)25(15-6-7-16-25)23-10-8-9-20(2)17-23/h8-14,17H,5-7,15-16,18-19H2,1-4H3. The average molecular weight is 379 g/mol. The van der Waals surface area contributed by atoms with Crippen molar-refractivity contribution in [1.82, 2.24) is 9.80 Å². The van der Waals surface area contributed by atoms with Crippen molar-refractivity contribution in [3.8, 4) is 0 Å². The summed E-state index contributed by atoms with van der Waals surface area (Å²) in [6.45, 7) is 6.57. The molecule has 0 radical (unpaired) electrons. The number of benzene rings is 2. The highest BCUT2D eigenvalue weighted by atomic mass is 16.2. The first-order chi connectivity index (χ1) is 13.4. The summed E-state index contributed by atoms with van der Waals surface area (Å²) in [6.07, 6.45) is 4.20. The highest BCUT2D eigenvalue weighted by Gasteiger charge is 2.44. The molecule has 3 rings (SSSR count). The molecule has 2 aromatic carbocycles. The van der Waals surface area contributed by atoms with Crippen molar-refractivity contribution in [1.29, 1.82) is 0 Å². The maximum Gasteiger partial charge on any atom is 0.233 e. The van der Waals surface area contributed by atoms with Gasteiger partial charge in [0.25, 0.3) is 0 Å². The van der Waals surface area contributed by atoms with E-state index < -0.39 is 0 Å². The zero-order valence-corrected chi connectivity index (χ0v) is 17.9. The molecule has 1 fully saturated rings. The highest BCUT2D eigenvalue weighted by molar-refractivity contribution is 5.88. The number of hydrogen-bond donors (Lipinski definition) is 0. The molecule has 0 unspecified atom stereocenters. The van der Waals surface area contributed by atoms with E-state index in [1.165, 1.54) is 22.3 Å². The van der Waals surface area contributed by atoms with Gasteiger partial charge < -0.3 is 9.80 Å². The lowest BCUT2D eigenvalue weighted by Crippen LogP contribution is -2.45. The van der Waals surface area contributed by atoms with Crippen LogP contribution in [-0.4, -0.2) is 36.3 Å². The molecule has 0 heterocycles. The Morgan fingerprint density at radius 1 is 0.964 bits per heavy atom. The maximum atomic E-state index is 13.7. The van der Waals surface area contributed by atoms with Crippen LogP contribution in [0.2, 0.25) is 0 Å². The largest absolute Gasteiger partial charge is 0.338 e. The molecule has 150 valence electrons. The predicted molar refractivity (Wildman–Crippen MR) is 116 cm³/mol. The second-order valence-electron chi connectivity index (χ2n) is 8.53. The first-order valence-corrected chi connectivity index (χ1v) is 10.5. The van der Waals surface area contributed by atoms with E-state index in [1.54, 1.807) is 0 Å². The van der Waals surface area contributed by atoms with Gasteiger partial charge in [-0.05, 0) is 57.5 Å². The molecule has 3 heteroatoms. The molecule has 0 aromatic heterocycles. The number of carbonyl (C=O) groups excluding carboxylic acids is 1. The van der Waals surface area contributed by atoms with E-state index in [0.29, 0.717) is 12.5 Å². The molecular weight excluding hydrogens is 344 g/mol. The molecule has 3 nitrogen and oxygen atoms in total. The Morgan fingerprint density at radius 2 is 1.57 bits per heavy atom. The van der Waals surface area contributed by atoms with Gasteiger partial charge in [0, 0.05) is 19.6 Å². The van der Waals surface area contributed by atoms with Crippen LogP contribution in [0.3, 0.4) is 0 Å². The van der Waals surface area contributed by atoms with Gasteiger partial charge in [0.15, 0.2) is 0 Å². The summed E-state index contributed by atoms with van der Waals surface area (Å²) < 4.78 is 0. The number of aryl methyl sites for hydroxylation is 1. The lowest BCUT2D eigenvalue weighted by molar-refractivity contribution is -0.137.